The lowest BCUT2D eigenvalue weighted by Crippen LogP contribution is -2.15. The first-order valence-electron chi connectivity index (χ1n) is 4.61. The molecule has 0 saturated carbocycles. The molecular weight excluding hydrogens is 315 g/mol. The van der Waals surface area contributed by atoms with Crippen LogP contribution in [0.15, 0.2) is 0 Å². The van der Waals surface area contributed by atoms with Crippen LogP contribution in [0.25, 0.3) is 0 Å². The summed E-state index contributed by atoms with van der Waals surface area (Å²) < 4.78 is 0.801. The Morgan fingerprint density at radius 3 is 2.85 bits per heavy atom. The molecule has 0 aliphatic carbocycles. The van der Waals surface area contributed by atoms with Crippen LogP contribution in [0, 0.1) is 0 Å². The number of hydrogen-bond donors (Lipinski definition) is 0. The topological polar surface area (TPSA) is 17.1 Å². The Balaban J connectivity index is 2.07. The summed E-state index contributed by atoms with van der Waals surface area (Å²) in [5, 5.41) is 0. The van der Waals surface area contributed by atoms with Gasteiger partial charge in [0.25, 0.3) is 0 Å². The van der Waals surface area contributed by atoms with Crippen LogP contribution in [0.4, 0.5) is 0 Å². The van der Waals surface area contributed by atoms with E-state index in [1.807, 2.05) is 44.2 Å². The van der Waals surface area contributed by atoms with Gasteiger partial charge in [-0.3, -0.25) is 4.79 Å². The van der Waals surface area contributed by atoms with E-state index in [-0.39, 0.29) is 0 Å². The molecule has 4 heteroatoms. The van der Waals surface area contributed by atoms with Gasteiger partial charge in [0.1, 0.15) is 0 Å². The van der Waals surface area contributed by atoms with Crippen molar-refractivity contribution in [2.45, 2.75) is 43.8 Å². The molecule has 1 aliphatic rings. The summed E-state index contributed by atoms with van der Waals surface area (Å²) >= 11 is 1.89. The molecule has 0 N–H and O–H groups in total. The molecule has 76 valence electrons. The third kappa shape index (κ3) is 4.93. The number of rotatable bonds is 5. The average molecular weight is 330 g/mol. The number of unbranched alkanes of at least 4 members (excludes halogenated alkanes) is 1. The molecule has 0 aromatic rings. The zero-order valence-electron chi connectivity index (χ0n) is 7.85. The molecule has 1 fully saturated rings. The van der Waals surface area contributed by atoms with Gasteiger partial charge in [-0.2, -0.15) is 0 Å². The van der Waals surface area contributed by atoms with Crippen LogP contribution in [0.1, 0.15) is 39.0 Å². The van der Waals surface area contributed by atoms with Gasteiger partial charge >= 0.3 is 0 Å². The first-order chi connectivity index (χ1) is 6.12. The van der Waals surface area contributed by atoms with Crippen molar-refractivity contribution in [3.05, 3.63) is 0 Å². The van der Waals surface area contributed by atoms with Crippen molar-refractivity contribution in [1.82, 2.24) is 0 Å². The van der Waals surface area contributed by atoms with Crippen LogP contribution in [-0.4, -0.2) is 14.3 Å². The lowest BCUT2D eigenvalue weighted by molar-refractivity contribution is -0.109. The summed E-state index contributed by atoms with van der Waals surface area (Å²) in [6.45, 7) is 2.35. The number of carbonyl (C=O) groups is 1. The van der Waals surface area contributed by atoms with E-state index >= 15 is 0 Å². The second kappa shape index (κ2) is 5.85. The third-order valence-electron chi connectivity index (χ3n) is 2.30. The zero-order chi connectivity index (χ0) is 9.73. The van der Waals surface area contributed by atoms with Gasteiger partial charge in [0, 0.05) is 16.9 Å². The van der Waals surface area contributed by atoms with Gasteiger partial charge in [0.2, 0.25) is 0 Å². The number of halogens is 1. The van der Waals surface area contributed by atoms with Crippen molar-refractivity contribution >= 4 is 48.0 Å². The number of carbonyl (C=O) groups excluding carboxylic acids is 1. The van der Waals surface area contributed by atoms with E-state index in [9.17, 15) is 4.79 Å². The van der Waals surface area contributed by atoms with Crippen LogP contribution in [0.5, 0.6) is 0 Å². The molecule has 1 atom stereocenters. The van der Waals surface area contributed by atoms with E-state index < -0.39 is 0 Å². The maximum absolute atomic E-state index is 10.7. The Morgan fingerprint density at radius 1 is 1.54 bits per heavy atom. The Kier molecular flexibility index (Phi) is 5.48. The van der Waals surface area contributed by atoms with Crippen LogP contribution >= 0.6 is 44.2 Å². The molecule has 0 aromatic heterocycles. The molecule has 1 aliphatic heterocycles. The van der Waals surface area contributed by atoms with Crippen LogP contribution in [0.3, 0.4) is 0 Å². The lowest BCUT2D eigenvalue weighted by Gasteiger charge is -2.20. The van der Waals surface area contributed by atoms with E-state index in [0.29, 0.717) is 8.54 Å². The van der Waals surface area contributed by atoms with Crippen LogP contribution in [0.2, 0.25) is 0 Å². The first-order valence-corrected chi connectivity index (χ1v) is 8.01. The molecule has 0 aromatic carbocycles. The van der Waals surface area contributed by atoms with Gasteiger partial charge in [0.05, 0.1) is 0 Å². The predicted molar refractivity (Wildman–Crippen MR) is 70.6 cm³/mol. The van der Waals surface area contributed by atoms with E-state index in [4.69, 9.17) is 0 Å². The van der Waals surface area contributed by atoms with Gasteiger partial charge in [-0.15, -0.1) is 0 Å². The monoisotopic (exact) mass is 330 g/mol. The largest absolute Gasteiger partial charge is 0.288 e. The van der Waals surface area contributed by atoms with E-state index in [1.54, 1.807) is 0 Å². The van der Waals surface area contributed by atoms with Crippen molar-refractivity contribution in [3.63, 3.8) is 0 Å². The molecule has 13 heavy (non-hydrogen) atoms. The molecular formula is C9H15IOS2. The fourth-order valence-corrected chi connectivity index (χ4v) is 5.09. The Bertz CT molecular complexity index is 178. The minimum Gasteiger partial charge on any atom is -0.288 e. The second-order valence-electron chi connectivity index (χ2n) is 3.67. The second-order valence-corrected chi connectivity index (χ2v) is 7.87. The normalized spacial score (nSPS) is 27.8. The molecule has 0 bridgehead atoms. The van der Waals surface area contributed by atoms with Crippen molar-refractivity contribution in [2.24, 2.45) is 0 Å². The lowest BCUT2D eigenvalue weighted by atomic mass is 10.00. The molecule has 1 rings (SSSR count). The van der Waals surface area contributed by atoms with E-state index in [1.165, 1.54) is 25.0 Å². The minimum atomic E-state index is 0.302. The maximum atomic E-state index is 10.7. The highest BCUT2D eigenvalue weighted by Gasteiger charge is 2.29. The van der Waals surface area contributed by atoms with Crippen molar-refractivity contribution < 1.29 is 4.79 Å². The average Bonchev–Trinajstić information content (AvgIpc) is 2.47. The Morgan fingerprint density at radius 2 is 2.31 bits per heavy atom. The summed E-state index contributed by atoms with van der Waals surface area (Å²) in [5.41, 5.74) is 0. The summed E-state index contributed by atoms with van der Waals surface area (Å²) in [4.78, 5) is 10.7. The predicted octanol–water partition coefficient (Wildman–Crippen LogP) is 4.05. The summed E-state index contributed by atoms with van der Waals surface area (Å²) in [7, 11) is 4.03. The zero-order valence-corrected chi connectivity index (χ0v) is 11.6. The van der Waals surface area contributed by atoms with Crippen LogP contribution < -0.4 is 0 Å². The minimum absolute atomic E-state index is 0.302. The number of hydrogen-bond acceptors (Lipinski definition) is 3. The van der Waals surface area contributed by atoms with Crippen molar-refractivity contribution in [1.29, 1.82) is 0 Å². The third-order valence-corrected chi connectivity index (χ3v) is 6.20. The Hall–Kier alpha value is 1.10. The van der Waals surface area contributed by atoms with Gasteiger partial charge in [0.15, 0.2) is 3.79 Å². The smallest absolute Gasteiger partial charge is 0.192 e. The first kappa shape index (κ1) is 12.2. The van der Waals surface area contributed by atoms with E-state index in [0.717, 1.165) is 12.8 Å². The molecule has 0 amide bonds. The molecule has 1 heterocycles. The fraction of sp³-hybridized carbons (Fsp3) is 0.889. The highest BCUT2D eigenvalue weighted by Crippen LogP contribution is 2.49. The highest BCUT2D eigenvalue weighted by atomic mass is 127. The van der Waals surface area contributed by atoms with Crippen molar-refractivity contribution in [3.8, 4) is 0 Å². The van der Waals surface area contributed by atoms with Gasteiger partial charge in [-0.05, 0) is 48.8 Å². The molecule has 0 unspecified atom stereocenters. The van der Waals surface area contributed by atoms with Gasteiger partial charge < -0.3 is 0 Å². The molecule has 1 saturated heterocycles. The summed E-state index contributed by atoms with van der Waals surface area (Å²) in [6, 6.07) is 0. The van der Waals surface area contributed by atoms with Crippen LogP contribution in [-0.2, 0) is 4.79 Å². The Labute approximate surface area is 102 Å². The summed E-state index contributed by atoms with van der Waals surface area (Å²) in [6.07, 6.45) is 5.64. The molecule has 0 radical (unpaired) electrons. The van der Waals surface area contributed by atoms with Crippen molar-refractivity contribution in [2.75, 3.05) is 5.75 Å². The maximum Gasteiger partial charge on any atom is 0.192 e. The van der Waals surface area contributed by atoms with Gasteiger partial charge in [-0.25, -0.2) is 0 Å². The van der Waals surface area contributed by atoms with Gasteiger partial charge in [-0.1, -0.05) is 28.0 Å². The molecule has 0 spiro atoms. The van der Waals surface area contributed by atoms with E-state index in [2.05, 4.69) is 6.92 Å². The SMILES string of the molecule is C[C@@]1(CCCCC(=O)I)CCSS1. The summed E-state index contributed by atoms with van der Waals surface area (Å²) in [5.74, 6) is 1.30. The highest BCUT2D eigenvalue weighted by molar-refractivity contribution is 14.1. The quantitative estimate of drug-likeness (QED) is 0.328. The standard InChI is InChI=1S/C9H15IOS2/c1-9(6-7-12-13-9)5-3-2-4-8(10)11/h2-7H2,1H3/t9-/m1/s1. The fourth-order valence-electron chi connectivity index (χ4n) is 1.41. The molecule has 1 nitrogen and oxygen atoms in total.